The number of hydrogen-bond acceptors (Lipinski definition) is 3. The van der Waals surface area contributed by atoms with Crippen molar-refractivity contribution in [2.75, 3.05) is 6.54 Å². The van der Waals surface area contributed by atoms with Crippen LogP contribution in [0, 0.1) is 0 Å². The van der Waals surface area contributed by atoms with Gasteiger partial charge in [-0.3, -0.25) is 4.79 Å². The van der Waals surface area contributed by atoms with Gasteiger partial charge in [-0.25, -0.2) is 0 Å². The topological polar surface area (TPSA) is 95.1 Å². The summed E-state index contributed by atoms with van der Waals surface area (Å²) in [5, 5.41) is 0. The lowest BCUT2D eigenvalue weighted by atomic mass is 9.88. The van der Waals surface area contributed by atoms with E-state index in [1.807, 2.05) is 18.2 Å². The lowest BCUT2D eigenvalue weighted by Gasteiger charge is -2.17. The molecule has 0 fully saturated rings. The molecule has 0 spiro atoms. The van der Waals surface area contributed by atoms with Crippen molar-refractivity contribution in [3.05, 3.63) is 41.0 Å². The lowest BCUT2D eigenvalue weighted by molar-refractivity contribution is 0.1000. The van der Waals surface area contributed by atoms with E-state index in [4.69, 9.17) is 17.2 Å². The Hall–Kier alpha value is -1.65. The Labute approximate surface area is 120 Å². The Kier molecular flexibility index (Phi) is 4.93. The van der Waals surface area contributed by atoms with E-state index >= 15 is 0 Å². The predicted octanol–water partition coefficient (Wildman–Crippen LogP) is 1.57. The molecule has 0 radical (unpaired) electrons. The van der Waals surface area contributed by atoms with Crippen molar-refractivity contribution in [2.45, 2.75) is 38.1 Å². The molecule has 0 bridgehead atoms. The van der Waals surface area contributed by atoms with Crippen molar-refractivity contribution >= 4 is 11.5 Å². The van der Waals surface area contributed by atoms with Gasteiger partial charge in [-0.2, -0.15) is 0 Å². The molecule has 0 aliphatic heterocycles. The first kappa shape index (κ1) is 14.8. The number of nitrogens with two attached hydrogens (primary N) is 3. The molecule has 4 heteroatoms. The second-order valence-electron chi connectivity index (χ2n) is 5.42. The number of hydrogen-bond donors (Lipinski definition) is 3. The van der Waals surface area contributed by atoms with Crippen molar-refractivity contribution in [3.63, 3.8) is 0 Å². The summed E-state index contributed by atoms with van der Waals surface area (Å²) in [7, 11) is 0. The molecule has 2 rings (SSSR count). The molecule has 0 heterocycles. The van der Waals surface area contributed by atoms with Gasteiger partial charge < -0.3 is 17.2 Å². The van der Waals surface area contributed by atoms with E-state index in [9.17, 15) is 4.79 Å². The average Bonchev–Trinajstić information content (AvgIpc) is 2.47. The second kappa shape index (κ2) is 6.68. The van der Waals surface area contributed by atoms with Crippen molar-refractivity contribution in [2.24, 2.45) is 17.2 Å². The standard InChI is InChI=1S/C16H23N3O/c17-10-13(18)8-11-6-7-14(16(19)20)15(9-11)12-4-2-1-3-5-12/h4,6-7,9,13H,1-3,5,8,10,17-18H2,(H2,19,20). The van der Waals surface area contributed by atoms with Gasteiger partial charge in [0.1, 0.15) is 0 Å². The number of allylic oxidation sites excluding steroid dienone is 2. The average molecular weight is 273 g/mol. The van der Waals surface area contributed by atoms with Crippen molar-refractivity contribution in [1.82, 2.24) is 0 Å². The summed E-state index contributed by atoms with van der Waals surface area (Å²) >= 11 is 0. The minimum absolute atomic E-state index is 0.0531. The highest BCUT2D eigenvalue weighted by molar-refractivity contribution is 5.98. The molecular weight excluding hydrogens is 250 g/mol. The van der Waals surface area contributed by atoms with E-state index in [1.165, 1.54) is 12.0 Å². The Morgan fingerprint density at radius 2 is 2.10 bits per heavy atom. The molecule has 1 amide bonds. The van der Waals surface area contributed by atoms with Crippen LogP contribution >= 0.6 is 0 Å². The third-order valence-electron chi connectivity index (χ3n) is 3.79. The van der Waals surface area contributed by atoms with Gasteiger partial charge in [-0.1, -0.05) is 18.2 Å². The molecule has 6 N–H and O–H groups in total. The van der Waals surface area contributed by atoms with Gasteiger partial charge in [-0.15, -0.1) is 0 Å². The first-order chi connectivity index (χ1) is 9.61. The van der Waals surface area contributed by atoms with Crippen molar-refractivity contribution in [3.8, 4) is 0 Å². The summed E-state index contributed by atoms with van der Waals surface area (Å²) < 4.78 is 0. The fraction of sp³-hybridized carbons (Fsp3) is 0.438. The van der Waals surface area contributed by atoms with Crippen LogP contribution in [0.3, 0.4) is 0 Å². The summed E-state index contributed by atoms with van der Waals surface area (Å²) in [5.41, 5.74) is 20.9. The number of benzene rings is 1. The zero-order valence-electron chi connectivity index (χ0n) is 11.8. The zero-order valence-corrected chi connectivity index (χ0v) is 11.8. The predicted molar refractivity (Wildman–Crippen MR) is 82.1 cm³/mol. The van der Waals surface area contributed by atoms with E-state index in [0.29, 0.717) is 12.1 Å². The molecule has 1 aliphatic rings. The van der Waals surface area contributed by atoms with Crippen molar-refractivity contribution in [1.29, 1.82) is 0 Å². The third kappa shape index (κ3) is 3.46. The fourth-order valence-electron chi connectivity index (χ4n) is 2.67. The van der Waals surface area contributed by atoms with Crippen LogP contribution in [0.2, 0.25) is 0 Å². The number of primary amides is 1. The normalized spacial score (nSPS) is 16.6. The summed E-state index contributed by atoms with van der Waals surface area (Å²) in [6.07, 6.45) is 7.39. The summed E-state index contributed by atoms with van der Waals surface area (Å²) in [6.45, 7) is 0.454. The largest absolute Gasteiger partial charge is 0.366 e. The van der Waals surface area contributed by atoms with Crippen LogP contribution in [0.5, 0.6) is 0 Å². The van der Waals surface area contributed by atoms with Crippen LogP contribution in [-0.4, -0.2) is 18.5 Å². The quantitative estimate of drug-likeness (QED) is 0.760. The SMILES string of the molecule is NCC(N)Cc1ccc(C(N)=O)c(C2=CCCCC2)c1. The number of carbonyl (C=O) groups excluding carboxylic acids is 1. The minimum Gasteiger partial charge on any atom is -0.366 e. The van der Waals surface area contributed by atoms with Crippen LogP contribution in [0.4, 0.5) is 0 Å². The highest BCUT2D eigenvalue weighted by Crippen LogP contribution is 2.30. The van der Waals surface area contributed by atoms with Crippen LogP contribution in [0.1, 0.15) is 47.2 Å². The fourth-order valence-corrected chi connectivity index (χ4v) is 2.67. The van der Waals surface area contributed by atoms with Crippen LogP contribution < -0.4 is 17.2 Å². The zero-order chi connectivity index (χ0) is 14.5. The van der Waals surface area contributed by atoms with E-state index in [1.54, 1.807) is 0 Å². The molecule has 0 saturated heterocycles. The first-order valence-corrected chi connectivity index (χ1v) is 7.19. The molecule has 1 aromatic rings. The molecule has 0 aromatic heterocycles. The highest BCUT2D eigenvalue weighted by atomic mass is 16.1. The highest BCUT2D eigenvalue weighted by Gasteiger charge is 2.15. The third-order valence-corrected chi connectivity index (χ3v) is 3.79. The number of carbonyl (C=O) groups is 1. The van der Waals surface area contributed by atoms with Crippen LogP contribution in [0.15, 0.2) is 24.3 Å². The lowest BCUT2D eigenvalue weighted by Crippen LogP contribution is -2.31. The summed E-state index contributed by atoms with van der Waals surface area (Å²) in [6, 6.07) is 5.73. The van der Waals surface area contributed by atoms with Gasteiger partial charge in [0, 0.05) is 18.2 Å². The van der Waals surface area contributed by atoms with Gasteiger partial charge in [0.2, 0.25) is 5.91 Å². The van der Waals surface area contributed by atoms with Gasteiger partial charge in [-0.05, 0) is 54.9 Å². The molecule has 20 heavy (non-hydrogen) atoms. The molecular formula is C16H23N3O. The molecule has 1 unspecified atom stereocenters. The first-order valence-electron chi connectivity index (χ1n) is 7.19. The van der Waals surface area contributed by atoms with E-state index < -0.39 is 0 Å². The van der Waals surface area contributed by atoms with Crippen molar-refractivity contribution < 1.29 is 4.79 Å². The number of amides is 1. The second-order valence-corrected chi connectivity index (χ2v) is 5.42. The molecule has 1 aromatic carbocycles. The monoisotopic (exact) mass is 273 g/mol. The van der Waals surface area contributed by atoms with E-state index in [-0.39, 0.29) is 11.9 Å². The van der Waals surface area contributed by atoms with Crippen LogP contribution in [0.25, 0.3) is 5.57 Å². The number of rotatable bonds is 5. The van der Waals surface area contributed by atoms with Gasteiger partial charge in [0.05, 0.1) is 0 Å². The molecule has 108 valence electrons. The van der Waals surface area contributed by atoms with Gasteiger partial charge in [0.25, 0.3) is 0 Å². The van der Waals surface area contributed by atoms with Gasteiger partial charge >= 0.3 is 0 Å². The van der Waals surface area contributed by atoms with Crippen LogP contribution in [-0.2, 0) is 6.42 Å². The molecule has 0 saturated carbocycles. The maximum Gasteiger partial charge on any atom is 0.249 e. The Morgan fingerprint density at radius 3 is 2.70 bits per heavy atom. The van der Waals surface area contributed by atoms with Gasteiger partial charge in [0.15, 0.2) is 0 Å². The minimum atomic E-state index is -0.374. The Bertz CT molecular complexity index is 522. The van der Waals surface area contributed by atoms with E-state index in [0.717, 1.165) is 36.8 Å². The molecule has 1 atom stereocenters. The smallest absolute Gasteiger partial charge is 0.249 e. The Morgan fingerprint density at radius 1 is 1.30 bits per heavy atom. The van der Waals surface area contributed by atoms with E-state index in [2.05, 4.69) is 6.08 Å². The maximum absolute atomic E-state index is 11.6. The summed E-state index contributed by atoms with van der Waals surface area (Å²) in [4.78, 5) is 11.6. The maximum atomic E-state index is 11.6. The Balaban J connectivity index is 2.36. The summed E-state index contributed by atoms with van der Waals surface area (Å²) in [5.74, 6) is -0.374. The molecule has 1 aliphatic carbocycles. The molecule has 4 nitrogen and oxygen atoms in total.